The molecule has 0 aliphatic carbocycles. The van der Waals surface area contributed by atoms with Crippen LogP contribution in [0.4, 0.5) is 5.69 Å². The third kappa shape index (κ3) is 5.88. The monoisotopic (exact) mass is 520 g/mol. The Labute approximate surface area is 211 Å². The fourth-order valence-corrected chi connectivity index (χ4v) is 7.21. The van der Waals surface area contributed by atoms with Crippen LogP contribution in [0.1, 0.15) is 11.1 Å². The van der Waals surface area contributed by atoms with E-state index in [9.17, 15) is 21.6 Å². The number of hydrogen-bond acceptors (Lipinski definition) is 5. The number of carbonyl (C=O) groups is 1. The molecule has 0 fully saturated rings. The minimum absolute atomic E-state index is 0.130. The second-order valence-corrected chi connectivity index (χ2v) is 11.9. The van der Waals surface area contributed by atoms with Gasteiger partial charge in [-0.15, -0.1) is 0 Å². The van der Waals surface area contributed by atoms with Crippen LogP contribution in [0.3, 0.4) is 0 Å². The average molecular weight is 521 g/mol. The molecule has 0 saturated carbocycles. The summed E-state index contributed by atoms with van der Waals surface area (Å²) in [5.74, 6) is -0.200. The third-order valence-electron chi connectivity index (χ3n) is 5.38. The molecule has 9 heteroatoms. The molecule has 0 atom stereocenters. The molecule has 4 aromatic carbocycles. The lowest BCUT2D eigenvalue weighted by molar-refractivity contribution is -0.115. The van der Waals surface area contributed by atoms with E-state index in [4.69, 9.17) is 0 Å². The summed E-state index contributed by atoms with van der Waals surface area (Å²) in [6, 6.07) is 30.6. The Morgan fingerprint density at radius 3 is 1.50 bits per heavy atom. The number of nitrogens with zero attached hydrogens (tertiary/aromatic N) is 1. The van der Waals surface area contributed by atoms with Gasteiger partial charge in [0.25, 0.3) is 20.0 Å². The van der Waals surface area contributed by atoms with Crippen molar-refractivity contribution < 1.29 is 21.6 Å². The number of anilines is 1. The van der Waals surface area contributed by atoms with Crippen LogP contribution < -0.4 is 5.32 Å². The maximum absolute atomic E-state index is 13.4. The molecule has 4 aromatic rings. The Hall–Kier alpha value is -3.79. The summed E-state index contributed by atoms with van der Waals surface area (Å²) in [6.07, 6.45) is 0.209. The first-order valence-electron chi connectivity index (χ1n) is 11.1. The molecule has 0 heterocycles. The summed E-state index contributed by atoms with van der Waals surface area (Å²) in [7, 11) is -8.79. The number of sulfonamides is 2. The molecule has 4 rings (SSSR count). The number of rotatable bonds is 9. The molecule has 1 amide bonds. The fraction of sp³-hybridized carbons (Fsp3) is 0.0741. The van der Waals surface area contributed by atoms with Crippen LogP contribution in [0.2, 0.25) is 0 Å². The Morgan fingerprint density at radius 1 is 0.583 bits per heavy atom. The quantitative estimate of drug-likeness (QED) is 0.352. The standard InChI is InChI=1S/C27H24N2O5S2/c30-27(20-22-10-4-1-5-11-22)28-24-18-16-23(17-19-24)21-29(35(31,32)25-12-6-2-7-13-25)36(33,34)26-14-8-3-9-15-26/h1-19H,20-21H2,(H,28,30). The highest BCUT2D eigenvalue weighted by molar-refractivity contribution is 8.04. The van der Waals surface area contributed by atoms with Crippen molar-refractivity contribution in [3.63, 3.8) is 0 Å². The first kappa shape index (κ1) is 25.3. The normalized spacial score (nSPS) is 11.8. The van der Waals surface area contributed by atoms with Crippen LogP contribution in [0.25, 0.3) is 0 Å². The zero-order valence-corrected chi connectivity index (χ0v) is 20.8. The fourth-order valence-electron chi connectivity index (χ4n) is 3.55. The number of nitrogens with one attached hydrogen (secondary N) is 1. The van der Waals surface area contributed by atoms with Crippen LogP contribution >= 0.6 is 0 Å². The Balaban J connectivity index is 1.59. The van der Waals surface area contributed by atoms with Crippen molar-refractivity contribution in [3.8, 4) is 0 Å². The SMILES string of the molecule is O=C(Cc1ccccc1)Nc1ccc(CN(S(=O)(=O)c2ccccc2)S(=O)(=O)c2ccccc2)cc1. The van der Waals surface area contributed by atoms with Crippen LogP contribution in [0.15, 0.2) is 125 Å². The molecule has 0 unspecified atom stereocenters. The van der Waals surface area contributed by atoms with Crippen molar-refractivity contribution in [2.45, 2.75) is 22.8 Å². The second kappa shape index (κ2) is 10.9. The van der Waals surface area contributed by atoms with Gasteiger partial charge >= 0.3 is 0 Å². The van der Waals surface area contributed by atoms with E-state index in [0.717, 1.165) is 5.56 Å². The van der Waals surface area contributed by atoms with Crippen LogP contribution in [0, 0.1) is 0 Å². The van der Waals surface area contributed by atoms with E-state index >= 15 is 0 Å². The summed E-state index contributed by atoms with van der Waals surface area (Å²) in [5.41, 5.74) is 1.83. The summed E-state index contributed by atoms with van der Waals surface area (Å²) in [6.45, 7) is -0.410. The van der Waals surface area contributed by atoms with Gasteiger partial charge < -0.3 is 5.32 Å². The zero-order valence-electron chi connectivity index (χ0n) is 19.2. The lowest BCUT2D eigenvalue weighted by Gasteiger charge is -2.22. The molecule has 0 saturated heterocycles. The molecule has 1 N–H and O–H groups in total. The van der Waals surface area contributed by atoms with E-state index < -0.39 is 26.6 Å². The van der Waals surface area contributed by atoms with Crippen LogP contribution in [0.5, 0.6) is 0 Å². The summed E-state index contributed by atoms with van der Waals surface area (Å²) >= 11 is 0. The van der Waals surface area contributed by atoms with E-state index in [1.165, 1.54) is 48.5 Å². The van der Waals surface area contributed by atoms with Crippen LogP contribution in [-0.2, 0) is 37.8 Å². The topological polar surface area (TPSA) is 101 Å². The van der Waals surface area contributed by atoms with Gasteiger partial charge in [0.15, 0.2) is 0 Å². The molecule has 0 aliphatic rings. The highest BCUT2D eigenvalue weighted by Crippen LogP contribution is 2.27. The maximum Gasteiger partial charge on any atom is 0.256 e. The van der Waals surface area contributed by atoms with Gasteiger partial charge in [-0.3, -0.25) is 4.79 Å². The van der Waals surface area contributed by atoms with Crippen molar-refractivity contribution >= 4 is 31.6 Å². The molecule has 0 aliphatic heterocycles. The molecular formula is C27H24N2O5S2. The second-order valence-electron chi connectivity index (χ2n) is 7.97. The summed E-state index contributed by atoms with van der Waals surface area (Å²) in [5, 5.41) is 2.79. The van der Waals surface area contributed by atoms with Gasteiger partial charge in [-0.1, -0.05) is 82.6 Å². The maximum atomic E-state index is 13.4. The predicted octanol–water partition coefficient (Wildman–Crippen LogP) is 4.45. The first-order chi connectivity index (χ1) is 17.3. The van der Waals surface area contributed by atoms with Gasteiger partial charge in [0.1, 0.15) is 0 Å². The molecule has 7 nitrogen and oxygen atoms in total. The third-order valence-corrected chi connectivity index (χ3v) is 9.62. The van der Waals surface area contributed by atoms with Crippen molar-refractivity contribution in [1.29, 1.82) is 0 Å². The highest BCUT2D eigenvalue weighted by atomic mass is 32.3. The van der Waals surface area contributed by atoms with Crippen LogP contribution in [-0.4, -0.2) is 26.5 Å². The van der Waals surface area contributed by atoms with Gasteiger partial charge in [-0.05, 0) is 47.5 Å². The number of hydrogen-bond donors (Lipinski definition) is 1. The van der Waals surface area contributed by atoms with E-state index in [-0.39, 0.29) is 22.1 Å². The molecule has 0 spiro atoms. The van der Waals surface area contributed by atoms with Crippen molar-refractivity contribution in [3.05, 3.63) is 126 Å². The molecule has 0 radical (unpaired) electrons. The van der Waals surface area contributed by atoms with E-state index in [0.29, 0.717) is 15.0 Å². The molecule has 184 valence electrons. The van der Waals surface area contributed by atoms with E-state index in [1.54, 1.807) is 36.4 Å². The smallest absolute Gasteiger partial charge is 0.256 e. The minimum Gasteiger partial charge on any atom is -0.326 e. The lowest BCUT2D eigenvalue weighted by atomic mass is 10.1. The van der Waals surface area contributed by atoms with Crippen molar-refractivity contribution in [1.82, 2.24) is 3.71 Å². The van der Waals surface area contributed by atoms with Gasteiger partial charge in [0.05, 0.1) is 22.8 Å². The molecule has 36 heavy (non-hydrogen) atoms. The molecule has 0 aromatic heterocycles. The highest BCUT2D eigenvalue weighted by Gasteiger charge is 2.36. The lowest BCUT2D eigenvalue weighted by Crippen LogP contribution is -2.36. The van der Waals surface area contributed by atoms with Gasteiger partial charge in [-0.25, -0.2) is 16.8 Å². The van der Waals surface area contributed by atoms with Gasteiger partial charge in [-0.2, -0.15) is 0 Å². The zero-order chi connectivity index (χ0) is 25.6. The molecule has 0 bridgehead atoms. The Morgan fingerprint density at radius 2 is 1.03 bits per heavy atom. The summed E-state index contributed by atoms with van der Waals surface area (Å²) < 4.78 is 54.2. The summed E-state index contributed by atoms with van der Waals surface area (Å²) in [4.78, 5) is 12.1. The van der Waals surface area contributed by atoms with Gasteiger partial charge in [0.2, 0.25) is 5.91 Å². The van der Waals surface area contributed by atoms with E-state index in [2.05, 4.69) is 5.32 Å². The number of amides is 1. The Bertz CT molecular complexity index is 1460. The Kier molecular flexibility index (Phi) is 7.64. The first-order valence-corrected chi connectivity index (χ1v) is 14.0. The minimum atomic E-state index is -4.39. The average Bonchev–Trinajstić information content (AvgIpc) is 2.89. The van der Waals surface area contributed by atoms with Crippen molar-refractivity contribution in [2.75, 3.05) is 5.32 Å². The molecular weight excluding hydrogens is 496 g/mol. The van der Waals surface area contributed by atoms with Crippen molar-refractivity contribution in [2.24, 2.45) is 0 Å². The largest absolute Gasteiger partial charge is 0.326 e. The predicted molar refractivity (Wildman–Crippen MR) is 138 cm³/mol. The van der Waals surface area contributed by atoms with Gasteiger partial charge in [0, 0.05) is 5.69 Å². The number of carbonyl (C=O) groups excluding carboxylic acids is 1. The van der Waals surface area contributed by atoms with E-state index in [1.807, 2.05) is 30.3 Å². The number of benzene rings is 4.